The lowest BCUT2D eigenvalue weighted by Crippen LogP contribution is -2.37. The molecule has 0 atom stereocenters. The number of rotatable bonds is 8. The van der Waals surface area contributed by atoms with E-state index >= 15 is 0 Å². The smallest absolute Gasteiger partial charge is 0.433 e. The third-order valence-corrected chi connectivity index (χ3v) is 7.69. The summed E-state index contributed by atoms with van der Waals surface area (Å²) in [5, 5.41) is 22.4. The summed E-state index contributed by atoms with van der Waals surface area (Å²) in [6.45, 7) is -1.12. The normalized spacial score (nSPS) is 18.7. The highest BCUT2D eigenvalue weighted by atomic mass is 35.5. The van der Waals surface area contributed by atoms with Gasteiger partial charge in [0.05, 0.1) is 46.0 Å². The maximum Gasteiger partial charge on any atom is 0.433 e. The fourth-order valence-corrected chi connectivity index (χ4v) is 5.48. The number of nitriles is 1. The molecule has 1 aliphatic carbocycles. The van der Waals surface area contributed by atoms with Crippen LogP contribution in [-0.4, -0.2) is 49.0 Å². The van der Waals surface area contributed by atoms with Crippen LogP contribution in [0.25, 0.3) is 0 Å². The standard InChI is InChI=1S/C27H21Cl2F4N5O4/c28-19-10-35-11-20(29)22(19)21(39)13-37(12-15-1-3-16(30)4-2-15)24(40)18-9-36-38(23(18)27(31,32)33)17-5-7-26(14-34,8-6-17)25(41)42/h1-4,9-11,17H,5-8,12-13H2,(H,41,42)/t17-,26+. The Labute approximate surface area is 246 Å². The van der Waals surface area contributed by atoms with Gasteiger partial charge in [0.15, 0.2) is 16.9 Å². The van der Waals surface area contributed by atoms with Crippen LogP contribution in [0.2, 0.25) is 10.0 Å². The third kappa shape index (κ3) is 6.24. The van der Waals surface area contributed by atoms with Gasteiger partial charge in [0.25, 0.3) is 5.91 Å². The van der Waals surface area contributed by atoms with E-state index in [9.17, 15) is 42.3 Å². The van der Waals surface area contributed by atoms with Gasteiger partial charge in [0.2, 0.25) is 0 Å². The molecule has 0 radical (unpaired) electrons. The van der Waals surface area contributed by atoms with Crippen LogP contribution in [0.4, 0.5) is 17.6 Å². The minimum Gasteiger partial charge on any atom is -0.480 e. The van der Waals surface area contributed by atoms with Gasteiger partial charge in [-0.25, -0.2) is 4.39 Å². The number of carbonyl (C=O) groups is 3. The molecule has 0 saturated heterocycles. The van der Waals surface area contributed by atoms with Crippen molar-refractivity contribution in [2.45, 2.75) is 44.4 Å². The van der Waals surface area contributed by atoms with Gasteiger partial charge >= 0.3 is 12.1 Å². The Morgan fingerprint density at radius 3 is 2.21 bits per heavy atom. The van der Waals surface area contributed by atoms with Gasteiger partial charge in [-0.15, -0.1) is 0 Å². The Morgan fingerprint density at radius 2 is 1.69 bits per heavy atom. The van der Waals surface area contributed by atoms with Crippen molar-refractivity contribution >= 4 is 40.9 Å². The molecule has 3 aromatic rings. The summed E-state index contributed by atoms with van der Waals surface area (Å²) < 4.78 is 57.5. The van der Waals surface area contributed by atoms with E-state index in [1.807, 2.05) is 0 Å². The zero-order chi connectivity index (χ0) is 30.8. The molecule has 0 unspecified atom stereocenters. The van der Waals surface area contributed by atoms with Crippen LogP contribution in [-0.2, 0) is 17.5 Å². The molecule has 1 N–H and O–H groups in total. The molecule has 9 nitrogen and oxygen atoms in total. The second-order valence-corrected chi connectivity index (χ2v) is 10.6. The molecule has 42 heavy (non-hydrogen) atoms. The first-order valence-corrected chi connectivity index (χ1v) is 13.2. The number of pyridine rings is 1. The maximum atomic E-state index is 14.4. The lowest BCUT2D eigenvalue weighted by atomic mass is 9.73. The fraction of sp³-hybridized carbons (Fsp3) is 0.333. The summed E-state index contributed by atoms with van der Waals surface area (Å²) >= 11 is 12.1. The first-order valence-electron chi connectivity index (χ1n) is 12.4. The fourth-order valence-electron chi connectivity index (χ4n) is 4.90. The molecular formula is C27H21Cl2F4N5O4. The highest BCUT2D eigenvalue weighted by Crippen LogP contribution is 2.43. The Balaban J connectivity index is 1.71. The summed E-state index contributed by atoms with van der Waals surface area (Å²) in [5.74, 6) is -3.91. The van der Waals surface area contributed by atoms with Crippen LogP contribution in [0, 0.1) is 22.6 Å². The zero-order valence-electron chi connectivity index (χ0n) is 21.5. The van der Waals surface area contributed by atoms with Crippen LogP contribution in [0.5, 0.6) is 0 Å². The van der Waals surface area contributed by atoms with Gasteiger partial charge in [0.1, 0.15) is 5.82 Å². The van der Waals surface area contributed by atoms with Crippen LogP contribution in [0.15, 0.2) is 42.9 Å². The number of Topliss-reactive ketones (excluding diaryl/α,β-unsaturated/α-hetero) is 1. The molecule has 4 rings (SSSR count). The van der Waals surface area contributed by atoms with Gasteiger partial charge in [-0.2, -0.15) is 23.5 Å². The van der Waals surface area contributed by atoms with E-state index in [1.54, 1.807) is 6.07 Å². The van der Waals surface area contributed by atoms with Crippen molar-refractivity contribution in [2.75, 3.05) is 6.54 Å². The molecule has 2 aromatic heterocycles. The number of carboxylic acid groups (broad SMARTS) is 1. The number of carboxylic acids is 1. The van der Waals surface area contributed by atoms with Gasteiger partial charge in [-0.1, -0.05) is 35.3 Å². The highest BCUT2D eigenvalue weighted by molar-refractivity contribution is 6.39. The summed E-state index contributed by atoms with van der Waals surface area (Å²) in [6.07, 6.45) is -2.65. The second kappa shape index (κ2) is 12.1. The third-order valence-electron chi connectivity index (χ3n) is 7.11. The predicted octanol–water partition coefficient (Wildman–Crippen LogP) is 5.98. The number of aliphatic carboxylic acids is 1. The number of hydrogen-bond donors (Lipinski definition) is 1. The molecule has 1 fully saturated rings. The quantitative estimate of drug-likeness (QED) is 0.241. The van der Waals surface area contributed by atoms with Crippen molar-refractivity contribution in [2.24, 2.45) is 5.41 Å². The number of ketones is 1. The lowest BCUT2D eigenvalue weighted by molar-refractivity contribution is -0.150. The summed E-state index contributed by atoms with van der Waals surface area (Å²) in [5.41, 5.74) is -3.81. The molecule has 1 amide bonds. The summed E-state index contributed by atoms with van der Waals surface area (Å²) in [7, 11) is 0. The number of hydrogen-bond acceptors (Lipinski definition) is 6. The van der Waals surface area contributed by atoms with E-state index in [0.29, 0.717) is 10.2 Å². The van der Waals surface area contributed by atoms with E-state index in [-0.39, 0.29) is 47.8 Å². The Bertz CT molecular complexity index is 1540. The Hall–Kier alpha value is -4.02. The van der Waals surface area contributed by atoms with Crippen molar-refractivity contribution in [3.63, 3.8) is 0 Å². The number of benzene rings is 1. The molecule has 220 valence electrons. The Morgan fingerprint density at radius 1 is 1.10 bits per heavy atom. The molecule has 1 aromatic carbocycles. The SMILES string of the molecule is N#C[C@]1(C(=O)O)CC[C@@H](n2ncc(C(=O)N(CC(=O)c3c(Cl)cncc3Cl)Cc3ccc(F)cc3)c2C(F)(F)F)CC1. The molecule has 0 bridgehead atoms. The first kappa shape index (κ1) is 30.9. The lowest BCUT2D eigenvalue weighted by Gasteiger charge is -2.32. The van der Waals surface area contributed by atoms with E-state index in [0.717, 1.165) is 35.6 Å². The zero-order valence-corrected chi connectivity index (χ0v) is 23.0. The number of aromatic nitrogens is 3. The second-order valence-electron chi connectivity index (χ2n) is 9.77. The van der Waals surface area contributed by atoms with Gasteiger partial charge in [-0.05, 0) is 43.4 Å². The van der Waals surface area contributed by atoms with Gasteiger partial charge in [0, 0.05) is 18.9 Å². The van der Waals surface area contributed by atoms with Crippen LogP contribution >= 0.6 is 23.2 Å². The molecule has 1 aliphatic rings. The highest BCUT2D eigenvalue weighted by Gasteiger charge is 2.47. The molecule has 15 heteroatoms. The number of carbonyl (C=O) groups excluding carboxylic acids is 2. The minimum absolute atomic E-state index is 0.102. The molecule has 0 spiro atoms. The van der Waals surface area contributed by atoms with Crippen molar-refractivity contribution in [3.8, 4) is 6.07 Å². The monoisotopic (exact) mass is 625 g/mol. The molecule has 0 aliphatic heterocycles. The average Bonchev–Trinajstić information content (AvgIpc) is 3.39. The summed E-state index contributed by atoms with van der Waals surface area (Å²) in [6, 6.07) is 5.62. The van der Waals surface area contributed by atoms with Crippen molar-refractivity contribution in [3.05, 3.63) is 81.1 Å². The van der Waals surface area contributed by atoms with Gasteiger partial charge in [-0.3, -0.25) is 24.0 Å². The van der Waals surface area contributed by atoms with Crippen LogP contribution < -0.4 is 0 Å². The van der Waals surface area contributed by atoms with Crippen molar-refractivity contribution in [1.29, 1.82) is 5.26 Å². The van der Waals surface area contributed by atoms with Gasteiger partial charge < -0.3 is 10.0 Å². The average molecular weight is 626 g/mol. The van der Waals surface area contributed by atoms with Crippen molar-refractivity contribution in [1.82, 2.24) is 19.7 Å². The van der Waals surface area contributed by atoms with E-state index in [1.165, 1.54) is 12.1 Å². The van der Waals surface area contributed by atoms with Crippen LogP contribution in [0.1, 0.15) is 63.7 Å². The van der Waals surface area contributed by atoms with E-state index < -0.39 is 58.9 Å². The minimum atomic E-state index is -5.07. The van der Waals surface area contributed by atoms with E-state index in [4.69, 9.17) is 23.2 Å². The largest absolute Gasteiger partial charge is 0.480 e. The molecule has 2 heterocycles. The molecular weight excluding hydrogens is 605 g/mol. The van der Waals surface area contributed by atoms with Crippen LogP contribution in [0.3, 0.4) is 0 Å². The molecule has 1 saturated carbocycles. The number of alkyl halides is 3. The maximum absolute atomic E-state index is 14.4. The Kier molecular flexibility index (Phi) is 8.89. The number of amides is 1. The number of nitrogens with zero attached hydrogens (tertiary/aromatic N) is 5. The summed E-state index contributed by atoms with van der Waals surface area (Å²) in [4.78, 5) is 43.1. The first-order chi connectivity index (χ1) is 19.8. The van der Waals surface area contributed by atoms with E-state index in [2.05, 4.69) is 10.1 Å². The van der Waals surface area contributed by atoms with Crippen molar-refractivity contribution < 1.29 is 37.1 Å². The predicted molar refractivity (Wildman–Crippen MR) is 140 cm³/mol. The number of halogens is 6. The topological polar surface area (TPSA) is 129 Å².